The van der Waals surface area contributed by atoms with E-state index in [2.05, 4.69) is 10.1 Å². The third-order valence-electron chi connectivity index (χ3n) is 2.94. The zero-order valence-corrected chi connectivity index (χ0v) is 12.0. The van der Waals surface area contributed by atoms with E-state index in [0.29, 0.717) is 11.5 Å². The van der Waals surface area contributed by atoms with Crippen LogP contribution in [0.15, 0.2) is 30.9 Å². The van der Waals surface area contributed by atoms with Crippen molar-refractivity contribution in [3.63, 3.8) is 0 Å². The van der Waals surface area contributed by atoms with Crippen LogP contribution in [0.25, 0.3) is 21.2 Å². The molecule has 0 radical (unpaired) electrons. The molecule has 0 aliphatic heterocycles. The lowest BCUT2D eigenvalue weighted by Gasteiger charge is -1.98. The Morgan fingerprint density at radius 1 is 1.40 bits per heavy atom. The molecule has 3 rings (SSSR count). The van der Waals surface area contributed by atoms with Gasteiger partial charge in [-0.3, -0.25) is 9.67 Å². The van der Waals surface area contributed by atoms with Gasteiger partial charge in [-0.05, 0) is 13.0 Å². The summed E-state index contributed by atoms with van der Waals surface area (Å²) < 4.78 is 7.75. The largest absolute Gasteiger partial charge is 0.462 e. The number of fused-ring (bicyclic) bond motifs is 1. The Labute approximate surface area is 119 Å². The summed E-state index contributed by atoms with van der Waals surface area (Å²) in [6.07, 6.45) is 7.28. The van der Waals surface area contributed by atoms with Crippen LogP contribution in [-0.2, 0) is 11.8 Å². The zero-order valence-electron chi connectivity index (χ0n) is 11.2. The van der Waals surface area contributed by atoms with Gasteiger partial charge in [0.05, 0.1) is 17.5 Å². The molecule has 5 nitrogen and oxygen atoms in total. The number of esters is 1. The number of carbonyl (C=O) groups is 1. The van der Waals surface area contributed by atoms with E-state index < -0.39 is 0 Å². The standard InChI is InChI=1S/C14H13N3O2S/c1-3-19-14(18)12-4-10-11(6-15-7-13(10)20-12)9-5-16-17(2)8-9/h4-8H,3H2,1-2H3. The van der Waals surface area contributed by atoms with Crippen LogP contribution in [0.5, 0.6) is 0 Å². The normalized spacial score (nSPS) is 10.9. The second-order valence-corrected chi connectivity index (χ2v) is 5.42. The topological polar surface area (TPSA) is 57.0 Å². The van der Waals surface area contributed by atoms with E-state index in [1.165, 1.54) is 11.3 Å². The smallest absolute Gasteiger partial charge is 0.348 e. The first-order valence-electron chi connectivity index (χ1n) is 6.22. The molecule has 0 unspecified atom stereocenters. The molecule has 0 aromatic carbocycles. The zero-order chi connectivity index (χ0) is 14.1. The van der Waals surface area contributed by atoms with Crippen LogP contribution >= 0.6 is 11.3 Å². The number of rotatable bonds is 3. The van der Waals surface area contributed by atoms with Crippen molar-refractivity contribution in [2.24, 2.45) is 7.05 Å². The first-order chi connectivity index (χ1) is 9.69. The van der Waals surface area contributed by atoms with Gasteiger partial charge in [0.1, 0.15) is 4.88 Å². The number of hydrogen-bond donors (Lipinski definition) is 0. The third kappa shape index (κ3) is 2.18. The van der Waals surface area contributed by atoms with Gasteiger partial charge in [0.2, 0.25) is 0 Å². The fourth-order valence-electron chi connectivity index (χ4n) is 2.05. The van der Waals surface area contributed by atoms with Crippen molar-refractivity contribution in [1.82, 2.24) is 14.8 Å². The van der Waals surface area contributed by atoms with Crippen LogP contribution in [-0.4, -0.2) is 27.3 Å². The Morgan fingerprint density at radius 3 is 2.95 bits per heavy atom. The van der Waals surface area contributed by atoms with Crippen LogP contribution in [0.4, 0.5) is 0 Å². The van der Waals surface area contributed by atoms with Gasteiger partial charge in [0.15, 0.2) is 0 Å². The molecule has 6 heteroatoms. The number of carbonyl (C=O) groups excluding carboxylic acids is 1. The molecule has 3 heterocycles. The number of hydrogen-bond acceptors (Lipinski definition) is 5. The second kappa shape index (κ2) is 5.05. The molecular weight excluding hydrogens is 274 g/mol. The molecular formula is C14H13N3O2S. The highest BCUT2D eigenvalue weighted by atomic mass is 32.1. The summed E-state index contributed by atoms with van der Waals surface area (Å²) in [5.74, 6) is -0.286. The summed E-state index contributed by atoms with van der Waals surface area (Å²) >= 11 is 1.40. The Morgan fingerprint density at radius 2 is 2.25 bits per heavy atom. The number of thiophene rings is 1. The number of pyridine rings is 1. The van der Waals surface area contributed by atoms with Crippen molar-refractivity contribution in [2.75, 3.05) is 6.61 Å². The maximum absolute atomic E-state index is 11.8. The van der Waals surface area contributed by atoms with Crippen LogP contribution in [0.1, 0.15) is 16.6 Å². The van der Waals surface area contributed by atoms with Gasteiger partial charge in [-0.1, -0.05) is 0 Å². The molecule has 0 saturated heterocycles. The van der Waals surface area contributed by atoms with Crippen molar-refractivity contribution in [3.05, 3.63) is 35.7 Å². The van der Waals surface area contributed by atoms with Gasteiger partial charge in [0.25, 0.3) is 0 Å². The summed E-state index contributed by atoms with van der Waals surface area (Å²) in [5, 5.41) is 5.17. The van der Waals surface area contributed by atoms with Gasteiger partial charge < -0.3 is 4.74 Å². The lowest BCUT2D eigenvalue weighted by atomic mass is 10.1. The molecule has 102 valence electrons. The third-order valence-corrected chi connectivity index (χ3v) is 3.99. The molecule has 0 fully saturated rings. The number of aromatic nitrogens is 3. The molecule has 0 saturated carbocycles. The van der Waals surface area contributed by atoms with Crippen molar-refractivity contribution in [1.29, 1.82) is 0 Å². The van der Waals surface area contributed by atoms with Crippen LogP contribution in [0.3, 0.4) is 0 Å². The summed E-state index contributed by atoms with van der Waals surface area (Å²) in [5.41, 5.74) is 1.96. The average Bonchev–Trinajstić information content (AvgIpc) is 3.04. The fourth-order valence-corrected chi connectivity index (χ4v) is 3.00. The van der Waals surface area contributed by atoms with E-state index in [-0.39, 0.29) is 5.97 Å². The highest BCUT2D eigenvalue weighted by molar-refractivity contribution is 7.20. The highest BCUT2D eigenvalue weighted by Crippen LogP contribution is 2.33. The van der Waals surface area contributed by atoms with Crippen molar-refractivity contribution < 1.29 is 9.53 Å². The highest BCUT2D eigenvalue weighted by Gasteiger charge is 2.14. The molecule has 0 N–H and O–H groups in total. The van der Waals surface area contributed by atoms with Gasteiger partial charge in [-0.2, -0.15) is 5.10 Å². The predicted octanol–water partition coefficient (Wildman–Crippen LogP) is 2.87. The molecule has 3 aromatic rings. The SMILES string of the molecule is CCOC(=O)c1cc2c(-c3cnn(C)c3)cncc2s1. The lowest BCUT2D eigenvalue weighted by molar-refractivity contribution is 0.0532. The molecule has 0 bridgehead atoms. The molecule has 0 aliphatic rings. The van der Waals surface area contributed by atoms with E-state index in [1.807, 2.05) is 19.3 Å². The Balaban J connectivity index is 2.12. The van der Waals surface area contributed by atoms with Crippen LogP contribution in [0.2, 0.25) is 0 Å². The summed E-state index contributed by atoms with van der Waals surface area (Å²) in [6, 6.07) is 1.86. The second-order valence-electron chi connectivity index (χ2n) is 4.33. The van der Waals surface area contributed by atoms with Crippen molar-refractivity contribution >= 4 is 27.4 Å². The molecule has 20 heavy (non-hydrogen) atoms. The summed E-state index contributed by atoms with van der Waals surface area (Å²) in [6.45, 7) is 2.18. The van der Waals surface area contributed by atoms with Crippen molar-refractivity contribution in [2.45, 2.75) is 6.92 Å². The minimum Gasteiger partial charge on any atom is -0.462 e. The maximum Gasteiger partial charge on any atom is 0.348 e. The summed E-state index contributed by atoms with van der Waals surface area (Å²) in [7, 11) is 1.87. The van der Waals surface area contributed by atoms with E-state index in [9.17, 15) is 4.79 Å². The van der Waals surface area contributed by atoms with Crippen LogP contribution in [0, 0.1) is 0 Å². The maximum atomic E-state index is 11.8. The lowest BCUT2D eigenvalue weighted by Crippen LogP contribution is -2.01. The quantitative estimate of drug-likeness (QED) is 0.695. The fraction of sp³-hybridized carbons (Fsp3) is 0.214. The van der Waals surface area contributed by atoms with E-state index in [0.717, 1.165) is 21.2 Å². The minimum absolute atomic E-state index is 0.286. The van der Waals surface area contributed by atoms with E-state index >= 15 is 0 Å². The summed E-state index contributed by atoms with van der Waals surface area (Å²) in [4.78, 5) is 16.7. The molecule has 0 atom stereocenters. The number of aryl methyl sites for hydroxylation is 1. The number of nitrogens with zero attached hydrogens (tertiary/aromatic N) is 3. The Bertz CT molecular complexity index is 776. The van der Waals surface area contributed by atoms with Crippen molar-refractivity contribution in [3.8, 4) is 11.1 Å². The van der Waals surface area contributed by atoms with Gasteiger partial charge in [-0.25, -0.2) is 4.79 Å². The Hall–Kier alpha value is -2.21. The van der Waals surface area contributed by atoms with Crippen LogP contribution < -0.4 is 0 Å². The minimum atomic E-state index is -0.286. The van der Waals surface area contributed by atoms with Gasteiger partial charge in [0, 0.05) is 42.2 Å². The number of ether oxygens (including phenoxy) is 1. The van der Waals surface area contributed by atoms with E-state index in [4.69, 9.17) is 4.74 Å². The molecule has 3 aromatic heterocycles. The first kappa shape index (κ1) is 12.8. The average molecular weight is 287 g/mol. The predicted molar refractivity (Wildman–Crippen MR) is 77.8 cm³/mol. The van der Waals surface area contributed by atoms with Gasteiger partial charge in [-0.15, -0.1) is 11.3 Å². The molecule has 0 spiro atoms. The molecule has 0 aliphatic carbocycles. The van der Waals surface area contributed by atoms with E-state index in [1.54, 1.807) is 30.2 Å². The Kier molecular flexibility index (Phi) is 3.23. The first-order valence-corrected chi connectivity index (χ1v) is 7.04. The molecule has 0 amide bonds. The monoisotopic (exact) mass is 287 g/mol. The van der Waals surface area contributed by atoms with Gasteiger partial charge >= 0.3 is 5.97 Å².